The molecule has 4 heteroatoms. The van der Waals surface area contributed by atoms with Gasteiger partial charge < -0.3 is 9.84 Å². The van der Waals surface area contributed by atoms with E-state index in [0.29, 0.717) is 11.3 Å². The maximum absolute atomic E-state index is 13.1. The van der Waals surface area contributed by atoms with Gasteiger partial charge in [0.1, 0.15) is 23.8 Å². The molecule has 1 aromatic rings. The molecule has 82 valence electrons. The summed E-state index contributed by atoms with van der Waals surface area (Å²) in [4.78, 5) is 0. The zero-order valence-electron chi connectivity index (χ0n) is 8.34. The lowest BCUT2D eigenvalue weighted by atomic mass is 10.0. The first-order chi connectivity index (χ1) is 7.13. The predicted molar refractivity (Wildman–Crippen MR) is 55.7 cm³/mol. The van der Waals surface area contributed by atoms with Crippen molar-refractivity contribution < 1.29 is 14.2 Å². The highest BCUT2D eigenvalue weighted by molar-refractivity contribution is 6.30. The molecule has 0 aromatic heterocycles. The van der Waals surface area contributed by atoms with Gasteiger partial charge in [-0.25, -0.2) is 4.39 Å². The van der Waals surface area contributed by atoms with Crippen molar-refractivity contribution in [3.05, 3.63) is 28.5 Å². The van der Waals surface area contributed by atoms with E-state index in [1.54, 1.807) is 0 Å². The molecule has 0 amide bonds. The van der Waals surface area contributed by atoms with E-state index < -0.39 is 11.9 Å². The Hall–Kier alpha value is -0.800. The minimum Gasteiger partial charge on any atom is -0.487 e. The van der Waals surface area contributed by atoms with Crippen molar-refractivity contribution in [3.63, 3.8) is 0 Å². The van der Waals surface area contributed by atoms with E-state index in [1.807, 2.05) is 6.92 Å². The molecule has 0 bridgehead atoms. The molecular weight excluding hydrogens is 219 g/mol. The smallest absolute Gasteiger partial charge is 0.145 e. The maximum atomic E-state index is 13.1. The number of rotatable bonds is 2. The summed E-state index contributed by atoms with van der Waals surface area (Å²) in [6.45, 7) is 2.01. The van der Waals surface area contributed by atoms with Crippen LogP contribution in [0.2, 0.25) is 5.02 Å². The van der Waals surface area contributed by atoms with E-state index in [9.17, 15) is 9.50 Å². The van der Waals surface area contributed by atoms with Gasteiger partial charge in [-0.1, -0.05) is 24.9 Å². The molecular formula is C11H12ClFO2. The van der Waals surface area contributed by atoms with Crippen LogP contribution >= 0.6 is 11.6 Å². The van der Waals surface area contributed by atoms with Gasteiger partial charge in [-0.2, -0.15) is 0 Å². The van der Waals surface area contributed by atoms with E-state index in [1.165, 1.54) is 12.1 Å². The third kappa shape index (κ3) is 1.82. The fourth-order valence-corrected chi connectivity index (χ4v) is 1.98. The molecule has 1 aromatic carbocycles. The number of hydrogen-bond donors (Lipinski definition) is 1. The van der Waals surface area contributed by atoms with Crippen molar-refractivity contribution in [2.24, 2.45) is 0 Å². The second-order valence-corrected chi connectivity index (χ2v) is 4.10. The van der Waals surface area contributed by atoms with E-state index in [0.717, 1.165) is 12.8 Å². The molecule has 0 aliphatic carbocycles. The van der Waals surface area contributed by atoms with Crippen LogP contribution in [0.4, 0.5) is 4.39 Å². The highest BCUT2D eigenvalue weighted by atomic mass is 35.5. The van der Waals surface area contributed by atoms with Gasteiger partial charge in [0.15, 0.2) is 0 Å². The number of fused-ring (bicyclic) bond motifs is 1. The number of hydrogen-bond acceptors (Lipinski definition) is 2. The van der Waals surface area contributed by atoms with Crippen LogP contribution in [0.3, 0.4) is 0 Å². The average Bonchev–Trinajstić information content (AvgIpc) is 2.47. The van der Waals surface area contributed by atoms with Crippen molar-refractivity contribution in [2.45, 2.75) is 32.0 Å². The van der Waals surface area contributed by atoms with Crippen LogP contribution in [0.25, 0.3) is 0 Å². The zero-order chi connectivity index (χ0) is 11.0. The summed E-state index contributed by atoms with van der Waals surface area (Å²) in [5.41, 5.74) is 0.583. The topological polar surface area (TPSA) is 29.5 Å². The van der Waals surface area contributed by atoms with Crippen molar-refractivity contribution >= 4 is 11.6 Å². The third-order valence-electron chi connectivity index (χ3n) is 2.58. The average molecular weight is 231 g/mol. The molecule has 0 radical (unpaired) electrons. The Labute approximate surface area is 92.6 Å². The second-order valence-electron chi connectivity index (χ2n) is 3.69. The lowest BCUT2D eigenvalue weighted by molar-refractivity contribution is 0.0616. The van der Waals surface area contributed by atoms with Crippen LogP contribution in [0.15, 0.2) is 12.1 Å². The highest BCUT2D eigenvalue weighted by Gasteiger charge is 2.33. The van der Waals surface area contributed by atoms with Crippen molar-refractivity contribution in [1.82, 2.24) is 0 Å². The lowest BCUT2D eigenvalue weighted by Crippen LogP contribution is -2.17. The number of aliphatic hydroxyl groups excluding tert-OH is 1. The van der Waals surface area contributed by atoms with E-state index in [2.05, 4.69) is 0 Å². The molecule has 1 aliphatic rings. The summed E-state index contributed by atoms with van der Waals surface area (Å²) in [5, 5.41) is 9.90. The fraction of sp³-hybridized carbons (Fsp3) is 0.455. The maximum Gasteiger partial charge on any atom is 0.145 e. The molecule has 0 fully saturated rings. The molecule has 15 heavy (non-hydrogen) atoms. The Bertz CT molecular complexity index is 381. The molecule has 0 spiro atoms. The van der Waals surface area contributed by atoms with Crippen molar-refractivity contribution in [3.8, 4) is 5.75 Å². The standard InChI is InChI=1S/C11H12ClFO2/c1-2-3-9-11(14)6-4-7(12)8(13)5-10(6)15-9/h4-5,9,11,14H,2-3H2,1H3. The largest absolute Gasteiger partial charge is 0.487 e. The van der Waals surface area contributed by atoms with E-state index in [-0.39, 0.29) is 11.1 Å². The molecule has 2 unspecified atom stereocenters. The second kappa shape index (κ2) is 3.99. The van der Waals surface area contributed by atoms with E-state index in [4.69, 9.17) is 16.3 Å². The first-order valence-corrected chi connectivity index (χ1v) is 5.35. The summed E-state index contributed by atoms with van der Waals surface area (Å²) < 4.78 is 18.6. The molecule has 2 nitrogen and oxygen atoms in total. The lowest BCUT2D eigenvalue weighted by Gasteiger charge is -2.12. The van der Waals surface area contributed by atoms with Gasteiger partial charge in [-0.05, 0) is 12.5 Å². The predicted octanol–water partition coefficient (Wildman–Crippen LogP) is 3.07. The first-order valence-electron chi connectivity index (χ1n) is 4.97. The molecule has 0 saturated heterocycles. The van der Waals surface area contributed by atoms with Gasteiger partial charge in [0.05, 0.1) is 5.02 Å². The Morgan fingerprint density at radius 2 is 2.27 bits per heavy atom. The molecule has 1 heterocycles. The number of ether oxygens (including phenoxy) is 1. The van der Waals surface area contributed by atoms with Gasteiger partial charge in [0, 0.05) is 11.6 Å². The van der Waals surface area contributed by atoms with Gasteiger partial charge in [-0.15, -0.1) is 0 Å². The minimum atomic E-state index is -0.696. The Balaban J connectivity index is 2.33. The molecule has 0 saturated carbocycles. The molecule has 1 N–H and O–H groups in total. The van der Waals surface area contributed by atoms with Crippen LogP contribution in [0.5, 0.6) is 5.75 Å². The van der Waals surface area contributed by atoms with Gasteiger partial charge in [0.2, 0.25) is 0 Å². The van der Waals surface area contributed by atoms with Gasteiger partial charge in [0.25, 0.3) is 0 Å². The zero-order valence-corrected chi connectivity index (χ0v) is 9.09. The number of halogens is 2. The third-order valence-corrected chi connectivity index (χ3v) is 2.86. The summed E-state index contributed by atoms with van der Waals surface area (Å²) in [7, 11) is 0. The minimum absolute atomic E-state index is 0.0218. The Kier molecular flexibility index (Phi) is 2.85. The van der Waals surface area contributed by atoms with Crippen LogP contribution in [-0.2, 0) is 0 Å². The van der Waals surface area contributed by atoms with Crippen molar-refractivity contribution in [2.75, 3.05) is 0 Å². The Morgan fingerprint density at radius 1 is 1.53 bits per heavy atom. The van der Waals surface area contributed by atoms with Crippen LogP contribution in [-0.4, -0.2) is 11.2 Å². The van der Waals surface area contributed by atoms with Crippen LogP contribution < -0.4 is 4.74 Å². The highest BCUT2D eigenvalue weighted by Crippen LogP contribution is 2.40. The van der Waals surface area contributed by atoms with Gasteiger partial charge >= 0.3 is 0 Å². The fourth-order valence-electron chi connectivity index (χ4n) is 1.81. The van der Waals surface area contributed by atoms with Crippen molar-refractivity contribution in [1.29, 1.82) is 0 Å². The number of aliphatic hydroxyl groups is 1. The van der Waals surface area contributed by atoms with E-state index >= 15 is 0 Å². The van der Waals surface area contributed by atoms with Crippen LogP contribution in [0.1, 0.15) is 31.4 Å². The first kappa shape index (κ1) is 10.7. The summed E-state index contributed by atoms with van der Waals surface area (Å²) in [5.74, 6) is -0.109. The normalized spacial score (nSPS) is 23.7. The van der Waals surface area contributed by atoms with Gasteiger partial charge in [-0.3, -0.25) is 0 Å². The van der Waals surface area contributed by atoms with Crippen LogP contribution in [0, 0.1) is 5.82 Å². The summed E-state index contributed by atoms with van der Waals surface area (Å²) in [6.07, 6.45) is 0.682. The Morgan fingerprint density at radius 3 is 2.93 bits per heavy atom. The number of benzene rings is 1. The quantitative estimate of drug-likeness (QED) is 0.846. The summed E-state index contributed by atoms with van der Waals surface area (Å²) in [6, 6.07) is 2.67. The molecule has 2 rings (SSSR count). The monoisotopic (exact) mass is 230 g/mol. The summed E-state index contributed by atoms with van der Waals surface area (Å²) >= 11 is 5.64. The molecule has 1 aliphatic heterocycles. The molecule has 2 atom stereocenters. The SMILES string of the molecule is CCCC1Oc2cc(F)c(Cl)cc2C1O.